The van der Waals surface area contributed by atoms with Gasteiger partial charge in [-0.25, -0.2) is 15.8 Å². The van der Waals surface area contributed by atoms with Gasteiger partial charge in [0.05, 0.1) is 17.1 Å². The SMILES string of the molecule is Cc1nc(CN(C)C(=O)c2cnc(NN)c(Cl)c2)n[nH]1. The topological polar surface area (TPSA) is 113 Å². The third-order valence-electron chi connectivity index (χ3n) is 2.59. The van der Waals surface area contributed by atoms with E-state index < -0.39 is 0 Å². The van der Waals surface area contributed by atoms with Gasteiger partial charge in [0, 0.05) is 13.2 Å². The highest BCUT2D eigenvalue weighted by Gasteiger charge is 2.16. The summed E-state index contributed by atoms with van der Waals surface area (Å²) < 4.78 is 0. The quantitative estimate of drug-likeness (QED) is 0.566. The molecule has 0 bridgehead atoms. The number of amides is 1. The van der Waals surface area contributed by atoms with Crippen LogP contribution in [0, 0.1) is 6.92 Å². The van der Waals surface area contributed by atoms with E-state index in [2.05, 4.69) is 25.6 Å². The lowest BCUT2D eigenvalue weighted by molar-refractivity contribution is 0.0781. The number of carbonyl (C=O) groups excluding carboxylic acids is 1. The van der Waals surface area contributed by atoms with Crippen LogP contribution in [0.4, 0.5) is 5.82 Å². The Kier molecular flexibility index (Phi) is 4.16. The Balaban J connectivity index is 2.12. The minimum absolute atomic E-state index is 0.231. The van der Waals surface area contributed by atoms with E-state index in [-0.39, 0.29) is 17.5 Å². The number of pyridine rings is 1. The summed E-state index contributed by atoms with van der Waals surface area (Å²) in [5, 5.41) is 6.98. The summed E-state index contributed by atoms with van der Waals surface area (Å²) in [6.45, 7) is 2.08. The average molecular weight is 296 g/mol. The number of nitrogen functional groups attached to an aromatic ring is 1. The molecule has 0 aliphatic heterocycles. The summed E-state index contributed by atoms with van der Waals surface area (Å²) in [5.41, 5.74) is 2.71. The number of aromatic amines is 1. The van der Waals surface area contributed by atoms with E-state index >= 15 is 0 Å². The van der Waals surface area contributed by atoms with Crippen LogP contribution in [0.15, 0.2) is 12.3 Å². The number of hydrogen-bond acceptors (Lipinski definition) is 6. The van der Waals surface area contributed by atoms with Crippen LogP contribution in [0.1, 0.15) is 22.0 Å². The maximum absolute atomic E-state index is 12.2. The van der Waals surface area contributed by atoms with Gasteiger partial charge in [0.1, 0.15) is 5.82 Å². The van der Waals surface area contributed by atoms with Crippen molar-refractivity contribution >= 4 is 23.3 Å². The Labute approximate surface area is 120 Å². The Bertz CT molecular complexity index is 627. The molecule has 0 spiro atoms. The molecule has 106 valence electrons. The Morgan fingerprint density at radius 3 is 2.90 bits per heavy atom. The molecular weight excluding hydrogens is 282 g/mol. The minimum atomic E-state index is -0.231. The van der Waals surface area contributed by atoms with Crippen molar-refractivity contribution in [3.05, 3.63) is 34.5 Å². The standard InChI is InChI=1S/C11H14ClN7O/c1-6-15-9(18-17-6)5-19(2)11(20)7-3-8(12)10(16-13)14-4-7/h3-4H,5,13H2,1-2H3,(H,14,16)(H,15,17,18). The molecule has 2 heterocycles. The Morgan fingerprint density at radius 2 is 2.35 bits per heavy atom. The van der Waals surface area contributed by atoms with Gasteiger partial charge in [0.15, 0.2) is 11.6 Å². The van der Waals surface area contributed by atoms with Crippen LogP contribution >= 0.6 is 11.6 Å². The van der Waals surface area contributed by atoms with E-state index in [1.165, 1.54) is 17.2 Å². The number of rotatable bonds is 4. The smallest absolute Gasteiger partial charge is 0.255 e. The van der Waals surface area contributed by atoms with Crippen LogP contribution in [0.25, 0.3) is 0 Å². The molecule has 0 saturated carbocycles. The summed E-state index contributed by atoms with van der Waals surface area (Å²) in [4.78, 5) is 21.8. The highest BCUT2D eigenvalue weighted by atomic mass is 35.5. The van der Waals surface area contributed by atoms with Gasteiger partial charge in [-0.05, 0) is 13.0 Å². The molecule has 0 saturated heterocycles. The largest absolute Gasteiger partial charge is 0.334 e. The second-order valence-electron chi connectivity index (χ2n) is 4.20. The molecule has 2 aromatic heterocycles. The maximum Gasteiger partial charge on any atom is 0.255 e. The van der Waals surface area contributed by atoms with Crippen molar-refractivity contribution in [1.29, 1.82) is 0 Å². The second-order valence-corrected chi connectivity index (χ2v) is 4.60. The summed E-state index contributed by atoms with van der Waals surface area (Å²) in [7, 11) is 1.65. The minimum Gasteiger partial charge on any atom is -0.334 e. The molecule has 0 atom stereocenters. The fraction of sp³-hybridized carbons (Fsp3) is 0.273. The lowest BCUT2D eigenvalue weighted by Crippen LogP contribution is -2.27. The van der Waals surface area contributed by atoms with Crippen LogP contribution < -0.4 is 11.3 Å². The van der Waals surface area contributed by atoms with Gasteiger partial charge >= 0.3 is 0 Å². The lowest BCUT2D eigenvalue weighted by Gasteiger charge is -2.15. The van der Waals surface area contributed by atoms with Gasteiger partial charge in [0.2, 0.25) is 0 Å². The van der Waals surface area contributed by atoms with Crippen molar-refractivity contribution in [3.8, 4) is 0 Å². The number of nitrogens with zero attached hydrogens (tertiary/aromatic N) is 4. The van der Waals surface area contributed by atoms with Crippen molar-refractivity contribution in [3.63, 3.8) is 0 Å². The van der Waals surface area contributed by atoms with Gasteiger partial charge < -0.3 is 10.3 Å². The number of aryl methyl sites for hydroxylation is 1. The zero-order valence-electron chi connectivity index (χ0n) is 11.0. The molecule has 9 heteroatoms. The molecule has 0 radical (unpaired) electrons. The second kappa shape index (κ2) is 5.85. The van der Waals surface area contributed by atoms with Crippen molar-refractivity contribution in [2.45, 2.75) is 13.5 Å². The predicted molar refractivity (Wildman–Crippen MR) is 74.0 cm³/mol. The third-order valence-corrected chi connectivity index (χ3v) is 2.88. The van der Waals surface area contributed by atoms with Crippen LogP contribution in [0.5, 0.6) is 0 Å². The summed E-state index contributed by atoms with van der Waals surface area (Å²) in [5.74, 6) is 6.55. The van der Waals surface area contributed by atoms with Crippen molar-refractivity contribution in [2.24, 2.45) is 5.84 Å². The molecule has 0 aromatic carbocycles. The van der Waals surface area contributed by atoms with Gasteiger partial charge in [-0.15, -0.1) is 0 Å². The van der Waals surface area contributed by atoms with Crippen molar-refractivity contribution < 1.29 is 4.79 Å². The van der Waals surface area contributed by atoms with E-state index in [4.69, 9.17) is 17.4 Å². The summed E-state index contributed by atoms with van der Waals surface area (Å²) in [6, 6.07) is 1.51. The number of nitrogens with two attached hydrogens (primary N) is 1. The fourth-order valence-electron chi connectivity index (χ4n) is 1.63. The fourth-order valence-corrected chi connectivity index (χ4v) is 1.85. The molecule has 20 heavy (non-hydrogen) atoms. The molecule has 1 amide bonds. The number of hydrogen-bond donors (Lipinski definition) is 3. The van der Waals surface area contributed by atoms with Crippen LogP contribution in [0.3, 0.4) is 0 Å². The molecule has 0 unspecified atom stereocenters. The predicted octanol–water partition coefficient (Wildman–Crippen LogP) is 0.719. The number of H-pyrrole nitrogens is 1. The van der Waals surface area contributed by atoms with E-state index in [0.29, 0.717) is 23.0 Å². The Hall–Kier alpha value is -2.19. The first-order chi connectivity index (χ1) is 9.51. The number of anilines is 1. The van der Waals surface area contributed by atoms with E-state index in [1.54, 1.807) is 14.0 Å². The molecule has 2 aromatic rings. The number of hydrazine groups is 1. The first-order valence-electron chi connectivity index (χ1n) is 5.76. The molecule has 0 aliphatic rings. The molecule has 4 N–H and O–H groups in total. The number of halogens is 1. The van der Waals surface area contributed by atoms with E-state index in [1.807, 2.05) is 0 Å². The zero-order valence-corrected chi connectivity index (χ0v) is 11.8. The maximum atomic E-state index is 12.2. The van der Waals surface area contributed by atoms with Crippen molar-refractivity contribution in [1.82, 2.24) is 25.1 Å². The summed E-state index contributed by atoms with van der Waals surface area (Å²) >= 11 is 5.94. The van der Waals surface area contributed by atoms with Gasteiger partial charge in [-0.1, -0.05) is 11.6 Å². The molecule has 0 aliphatic carbocycles. The highest BCUT2D eigenvalue weighted by molar-refractivity contribution is 6.33. The van der Waals surface area contributed by atoms with Gasteiger partial charge in [-0.3, -0.25) is 9.89 Å². The van der Waals surface area contributed by atoms with Gasteiger partial charge in [-0.2, -0.15) is 5.10 Å². The third kappa shape index (κ3) is 3.03. The first kappa shape index (κ1) is 14.2. The normalized spacial score (nSPS) is 10.4. The molecular formula is C11H14ClN7O. The van der Waals surface area contributed by atoms with Crippen LogP contribution in [-0.4, -0.2) is 38.0 Å². The number of carbonyl (C=O) groups is 1. The zero-order chi connectivity index (χ0) is 14.7. The Morgan fingerprint density at radius 1 is 1.60 bits per heavy atom. The monoisotopic (exact) mass is 295 g/mol. The molecule has 2 rings (SSSR count). The van der Waals surface area contributed by atoms with Crippen LogP contribution in [-0.2, 0) is 6.54 Å². The first-order valence-corrected chi connectivity index (χ1v) is 6.14. The van der Waals surface area contributed by atoms with Crippen LogP contribution in [0.2, 0.25) is 5.02 Å². The number of aromatic nitrogens is 4. The summed E-state index contributed by atoms with van der Waals surface area (Å²) in [6.07, 6.45) is 1.41. The molecule has 0 fully saturated rings. The average Bonchev–Trinajstić information content (AvgIpc) is 2.83. The van der Waals surface area contributed by atoms with Gasteiger partial charge in [0.25, 0.3) is 5.91 Å². The highest BCUT2D eigenvalue weighted by Crippen LogP contribution is 2.19. The lowest BCUT2D eigenvalue weighted by atomic mass is 10.2. The molecule has 8 nitrogen and oxygen atoms in total. The van der Waals surface area contributed by atoms with E-state index in [9.17, 15) is 4.79 Å². The van der Waals surface area contributed by atoms with Crippen molar-refractivity contribution in [2.75, 3.05) is 12.5 Å². The van der Waals surface area contributed by atoms with E-state index in [0.717, 1.165) is 0 Å². The number of nitrogens with one attached hydrogen (secondary N) is 2.